The van der Waals surface area contributed by atoms with Crippen LogP contribution in [0.3, 0.4) is 0 Å². The molecule has 0 saturated carbocycles. The molecule has 4 nitrogen and oxygen atoms in total. The summed E-state index contributed by atoms with van der Waals surface area (Å²) in [5, 5.41) is 3.28. The van der Waals surface area contributed by atoms with Crippen LogP contribution in [0.5, 0.6) is 11.5 Å². The Bertz CT molecular complexity index is 785. The molecule has 2 rings (SSSR count). The first-order valence-electron chi connectivity index (χ1n) is 7.99. The van der Waals surface area contributed by atoms with E-state index in [9.17, 15) is 4.79 Å². The number of nitrogens with one attached hydrogen (secondary N) is 1. The molecule has 1 N–H and O–H groups in total. The van der Waals surface area contributed by atoms with Gasteiger partial charge in [0.1, 0.15) is 0 Å². The predicted molar refractivity (Wildman–Crippen MR) is 103 cm³/mol. The number of rotatable bonds is 6. The predicted octanol–water partition coefficient (Wildman–Crippen LogP) is 5.10. The van der Waals surface area contributed by atoms with Gasteiger partial charge in [-0.05, 0) is 56.2 Å². The van der Waals surface area contributed by atoms with Crippen molar-refractivity contribution in [1.29, 1.82) is 0 Å². The van der Waals surface area contributed by atoms with Crippen molar-refractivity contribution >= 4 is 29.3 Å². The van der Waals surface area contributed by atoms with E-state index >= 15 is 0 Å². The summed E-state index contributed by atoms with van der Waals surface area (Å²) in [6.07, 6.45) is 3.12. The zero-order valence-electron chi connectivity index (χ0n) is 14.8. The molecule has 0 atom stereocenters. The van der Waals surface area contributed by atoms with Crippen molar-refractivity contribution in [3.63, 3.8) is 0 Å². The third-order valence-electron chi connectivity index (χ3n) is 3.44. The summed E-state index contributed by atoms with van der Waals surface area (Å²) in [4.78, 5) is 12.1. The summed E-state index contributed by atoms with van der Waals surface area (Å²) < 4.78 is 11.0. The van der Waals surface area contributed by atoms with E-state index in [1.54, 1.807) is 25.3 Å². The Kier molecular flexibility index (Phi) is 6.48. The number of carbonyl (C=O) groups excluding carboxylic acids is 1. The lowest BCUT2D eigenvalue weighted by Crippen LogP contribution is -2.09. The number of hydrogen-bond donors (Lipinski definition) is 1. The first kappa shape index (κ1) is 18.9. The van der Waals surface area contributed by atoms with Crippen molar-refractivity contribution in [2.45, 2.75) is 26.9 Å². The number of anilines is 1. The van der Waals surface area contributed by atoms with E-state index in [0.29, 0.717) is 16.5 Å². The highest BCUT2D eigenvalue weighted by atomic mass is 35.5. The smallest absolute Gasteiger partial charge is 0.248 e. The summed E-state index contributed by atoms with van der Waals surface area (Å²) in [5.74, 6) is 0.813. The molecular formula is C20H22ClNO3. The second kappa shape index (κ2) is 8.58. The lowest BCUT2D eigenvalue weighted by atomic mass is 10.1. The number of hydrogen-bond acceptors (Lipinski definition) is 3. The van der Waals surface area contributed by atoms with Crippen molar-refractivity contribution in [3.8, 4) is 11.5 Å². The Morgan fingerprint density at radius 2 is 1.96 bits per heavy atom. The normalized spacial score (nSPS) is 11.0. The average Bonchev–Trinajstić information content (AvgIpc) is 2.56. The van der Waals surface area contributed by atoms with Crippen LogP contribution in [0.2, 0.25) is 5.02 Å². The topological polar surface area (TPSA) is 47.6 Å². The largest absolute Gasteiger partial charge is 0.493 e. The Balaban J connectivity index is 2.16. The molecule has 0 spiro atoms. The molecule has 0 heterocycles. The molecule has 0 aromatic heterocycles. The number of para-hydroxylation sites is 1. The molecular weight excluding hydrogens is 338 g/mol. The second-order valence-electron chi connectivity index (χ2n) is 5.84. The number of methoxy groups -OCH3 is 1. The van der Waals surface area contributed by atoms with Crippen LogP contribution in [0.1, 0.15) is 25.0 Å². The molecule has 0 saturated heterocycles. The SMILES string of the molecule is COc1cc(/C=C/C(=O)Nc2ccccc2C)cc(Cl)c1OC(C)C. The number of ether oxygens (including phenoxy) is 2. The van der Waals surface area contributed by atoms with Gasteiger partial charge in [-0.15, -0.1) is 0 Å². The van der Waals surface area contributed by atoms with Crippen LogP contribution in [0.15, 0.2) is 42.5 Å². The van der Waals surface area contributed by atoms with Gasteiger partial charge in [0.2, 0.25) is 5.91 Å². The van der Waals surface area contributed by atoms with Crippen LogP contribution in [-0.2, 0) is 4.79 Å². The Morgan fingerprint density at radius 3 is 2.60 bits per heavy atom. The standard InChI is InChI=1S/C20H22ClNO3/c1-13(2)25-20-16(21)11-15(12-18(20)24-4)9-10-19(23)22-17-8-6-5-7-14(17)3/h5-13H,1-4H3,(H,22,23)/b10-9+. The average molecular weight is 360 g/mol. The molecule has 0 unspecified atom stereocenters. The number of amides is 1. The maximum atomic E-state index is 12.1. The molecule has 0 fully saturated rings. The van der Waals surface area contributed by atoms with E-state index in [1.165, 1.54) is 6.08 Å². The van der Waals surface area contributed by atoms with Crippen molar-refractivity contribution in [1.82, 2.24) is 0 Å². The van der Waals surface area contributed by atoms with Gasteiger partial charge in [0, 0.05) is 11.8 Å². The van der Waals surface area contributed by atoms with E-state index in [-0.39, 0.29) is 12.0 Å². The minimum atomic E-state index is -0.216. The van der Waals surface area contributed by atoms with Gasteiger partial charge in [-0.3, -0.25) is 4.79 Å². The van der Waals surface area contributed by atoms with Crippen LogP contribution in [-0.4, -0.2) is 19.1 Å². The fraction of sp³-hybridized carbons (Fsp3) is 0.250. The molecule has 25 heavy (non-hydrogen) atoms. The van der Waals surface area contributed by atoms with E-state index in [2.05, 4.69) is 5.32 Å². The first-order chi connectivity index (χ1) is 11.9. The molecule has 2 aromatic rings. The lowest BCUT2D eigenvalue weighted by Gasteiger charge is -2.15. The van der Waals surface area contributed by atoms with Crippen LogP contribution in [0.4, 0.5) is 5.69 Å². The minimum absolute atomic E-state index is 0.0207. The van der Waals surface area contributed by atoms with E-state index in [0.717, 1.165) is 16.8 Å². The second-order valence-corrected chi connectivity index (χ2v) is 6.25. The zero-order chi connectivity index (χ0) is 18.4. The van der Waals surface area contributed by atoms with Crippen LogP contribution < -0.4 is 14.8 Å². The maximum Gasteiger partial charge on any atom is 0.248 e. The Labute approximate surface area is 153 Å². The molecule has 0 aliphatic heterocycles. The van der Waals surface area contributed by atoms with Gasteiger partial charge in [0.25, 0.3) is 0 Å². The molecule has 0 bridgehead atoms. The quantitative estimate of drug-likeness (QED) is 0.730. The minimum Gasteiger partial charge on any atom is -0.493 e. The molecule has 5 heteroatoms. The summed E-state index contributed by atoms with van der Waals surface area (Å²) in [5.41, 5.74) is 2.54. The van der Waals surface area contributed by atoms with Gasteiger partial charge >= 0.3 is 0 Å². The third-order valence-corrected chi connectivity index (χ3v) is 3.72. The third kappa shape index (κ3) is 5.26. The van der Waals surface area contributed by atoms with Gasteiger partial charge in [-0.25, -0.2) is 0 Å². The molecule has 2 aromatic carbocycles. The number of aryl methyl sites for hydroxylation is 1. The van der Waals surface area contributed by atoms with E-state index < -0.39 is 0 Å². The highest BCUT2D eigenvalue weighted by Gasteiger charge is 2.12. The maximum absolute atomic E-state index is 12.1. The highest BCUT2D eigenvalue weighted by Crippen LogP contribution is 2.37. The lowest BCUT2D eigenvalue weighted by molar-refractivity contribution is -0.111. The fourth-order valence-corrected chi connectivity index (χ4v) is 2.51. The van der Waals surface area contributed by atoms with Crippen molar-refractivity contribution < 1.29 is 14.3 Å². The zero-order valence-corrected chi connectivity index (χ0v) is 15.6. The van der Waals surface area contributed by atoms with Crippen LogP contribution in [0.25, 0.3) is 6.08 Å². The molecule has 1 amide bonds. The fourth-order valence-electron chi connectivity index (χ4n) is 2.25. The van der Waals surface area contributed by atoms with Crippen LogP contribution >= 0.6 is 11.6 Å². The van der Waals surface area contributed by atoms with Gasteiger partial charge in [0.05, 0.1) is 18.2 Å². The van der Waals surface area contributed by atoms with Gasteiger partial charge < -0.3 is 14.8 Å². The van der Waals surface area contributed by atoms with E-state index in [1.807, 2.05) is 45.0 Å². The highest BCUT2D eigenvalue weighted by molar-refractivity contribution is 6.32. The molecule has 132 valence electrons. The number of carbonyl (C=O) groups is 1. The van der Waals surface area contributed by atoms with Crippen LogP contribution in [0, 0.1) is 6.92 Å². The van der Waals surface area contributed by atoms with Crippen molar-refractivity contribution in [2.24, 2.45) is 0 Å². The summed E-state index contributed by atoms with van der Waals surface area (Å²) in [6, 6.07) is 11.1. The first-order valence-corrected chi connectivity index (χ1v) is 8.37. The number of benzene rings is 2. The Hall–Kier alpha value is -2.46. The van der Waals surface area contributed by atoms with Crippen molar-refractivity contribution in [3.05, 3.63) is 58.6 Å². The summed E-state index contributed by atoms with van der Waals surface area (Å²) in [6.45, 7) is 5.77. The van der Waals surface area contributed by atoms with E-state index in [4.69, 9.17) is 21.1 Å². The van der Waals surface area contributed by atoms with Gasteiger partial charge in [-0.2, -0.15) is 0 Å². The number of halogens is 1. The summed E-state index contributed by atoms with van der Waals surface area (Å²) >= 11 is 6.28. The van der Waals surface area contributed by atoms with Crippen molar-refractivity contribution in [2.75, 3.05) is 12.4 Å². The van der Waals surface area contributed by atoms with Gasteiger partial charge in [0.15, 0.2) is 11.5 Å². The molecule has 0 radical (unpaired) electrons. The summed E-state index contributed by atoms with van der Waals surface area (Å²) in [7, 11) is 1.55. The molecule has 0 aliphatic carbocycles. The molecule has 0 aliphatic rings. The Morgan fingerprint density at radius 1 is 1.24 bits per heavy atom. The monoisotopic (exact) mass is 359 g/mol. The van der Waals surface area contributed by atoms with Gasteiger partial charge in [-0.1, -0.05) is 29.8 Å².